The predicted molar refractivity (Wildman–Crippen MR) is 75.7 cm³/mol. The number of nitrogens with one attached hydrogen (secondary N) is 1. The summed E-state index contributed by atoms with van der Waals surface area (Å²) in [5.74, 6) is -1.000. The van der Waals surface area contributed by atoms with E-state index in [9.17, 15) is 9.59 Å². The number of rotatable bonds is 7. The molecule has 0 unspecified atom stereocenters. The van der Waals surface area contributed by atoms with Crippen molar-refractivity contribution in [3.63, 3.8) is 0 Å². The molecule has 5 nitrogen and oxygen atoms in total. The molecule has 0 aliphatic carbocycles. The van der Waals surface area contributed by atoms with Crippen molar-refractivity contribution < 1.29 is 19.4 Å². The largest absolute Gasteiger partial charge is 0.483 e. The summed E-state index contributed by atoms with van der Waals surface area (Å²) in [6.45, 7) is 5.30. The number of carbonyl (C=O) groups excluding carboxylic acids is 1. The van der Waals surface area contributed by atoms with Gasteiger partial charge in [-0.25, -0.2) is 4.79 Å². The number of hydrogen-bond acceptors (Lipinski definition) is 3. The predicted octanol–water partition coefficient (Wildman–Crippen LogP) is 1.85. The van der Waals surface area contributed by atoms with Crippen LogP contribution in [0, 0.1) is 5.92 Å². The normalized spacial score (nSPS) is 12.0. The van der Waals surface area contributed by atoms with Gasteiger partial charge in [0.25, 0.3) is 5.91 Å². The monoisotopic (exact) mass is 279 g/mol. The van der Waals surface area contributed by atoms with Crippen LogP contribution in [0.5, 0.6) is 5.75 Å². The van der Waals surface area contributed by atoms with E-state index < -0.39 is 17.9 Å². The maximum atomic E-state index is 11.7. The molecule has 0 heterocycles. The van der Waals surface area contributed by atoms with Crippen LogP contribution < -0.4 is 10.1 Å². The van der Waals surface area contributed by atoms with E-state index in [2.05, 4.69) is 5.32 Å². The molecule has 0 saturated carbocycles. The first-order valence-electron chi connectivity index (χ1n) is 6.68. The van der Waals surface area contributed by atoms with Crippen LogP contribution >= 0.6 is 0 Å². The Labute approximate surface area is 118 Å². The van der Waals surface area contributed by atoms with Crippen molar-refractivity contribution >= 4 is 11.9 Å². The molecule has 1 aromatic carbocycles. The minimum atomic E-state index is -1.04. The van der Waals surface area contributed by atoms with E-state index >= 15 is 0 Å². The molecule has 0 saturated heterocycles. The molecule has 110 valence electrons. The van der Waals surface area contributed by atoms with Gasteiger partial charge in [0.2, 0.25) is 0 Å². The lowest BCUT2D eigenvalue weighted by atomic mass is 10.1. The SMILES string of the molecule is CCc1ccccc1OCC(=O)N[C@H](C(=O)O)C(C)C. The molecule has 2 N–H and O–H groups in total. The summed E-state index contributed by atoms with van der Waals surface area (Å²) in [7, 11) is 0. The quantitative estimate of drug-likeness (QED) is 0.798. The molecule has 0 aromatic heterocycles. The highest BCUT2D eigenvalue weighted by molar-refractivity contribution is 5.84. The number of amides is 1. The molecule has 1 aromatic rings. The number of benzene rings is 1. The maximum Gasteiger partial charge on any atom is 0.326 e. The average Bonchev–Trinajstić information content (AvgIpc) is 2.42. The Hall–Kier alpha value is -2.04. The summed E-state index contributed by atoms with van der Waals surface area (Å²) in [6, 6.07) is 6.57. The fourth-order valence-corrected chi connectivity index (χ4v) is 1.81. The highest BCUT2D eigenvalue weighted by Crippen LogP contribution is 2.18. The molecule has 0 radical (unpaired) electrons. The number of carbonyl (C=O) groups is 2. The Morgan fingerprint density at radius 3 is 2.50 bits per heavy atom. The molecule has 0 spiro atoms. The zero-order chi connectivity index (χ0) is 15.1. The van der Waals surface area contributed by atoms with Crippen molar-refractivity contribution in [1.82, 2.24) is 5.32 Å². The van der Waals surface area contributed by atoms with Crippen LogP contribution in [-0.4, -0.2) is 29.6 Å². The number of aryl methyl sites for hydroxylation is 1. The third-order valence-electron chi connectivity index (χ3n) is 2.96. The molecular weight excluding hydrogens is 258 g/mol. The van der Waals surface area contributed by atoms with Crippen LogP contribution in [0.3, 0.4) is 0 Å². The smallest absolute Gasteiger partial charge is 0.326 e. The Balaban J connectivity index is 2.57. The van der Waals surface area contributed by atoms with Gasteiger partial charge >= 0.3 is 5.97 Å². The Kier molecular flexibility index (Phi) is 6.03. The summed E-state index contributed by atoms with van der Waals surface area (Å²) in [5.41, 5.74) is 1.01. The van der Waals surface area contributed by atoms with Crippen molar-refractivity contribution in [1.29, 1.82) is 0 Å². The minimum absolute atomic E-state index is 0.181. The van der Waals surface area contributed by atoms with Gasteiger partial charge in [-0.15, -0.1) is 0 Å². The fraction of sp³-hybridized carbons (Fsp3) is 0.467. The van der Waals surface area contributed by atoms with Gasteiger partial charge < -0.3 is 15.2 Å². The molecule has 0 bridgehead atoms. The zero-order valence-electron chi connectivity index (χ0n) is 12.1. The second-order valence-electron chi connectivity index (χ2n) is 4.88. The van der Waals surface area contributed by atoms with Gasteiger partial charge in [-0.3, -0.25) is 4.79 Å². The van der Waals surface area contributed by atoms with Gasteiger partial charge in [-0.05, 0) is 24.0 Å². The zero-order valence-corrected chi connectivity index (χ0v) is 12.1. The van der Waals surface area contributed by atoms with Crippen LogP contribution in [0.4, 0.5) is 0 Å². The highest BCUT2D eigenvalue weighted by Gasteiger charge is 2.23. The molecule has 1 rings (SSSR count). The van der Waals surface area contributed by atoms with Crippen LogP contribution in [0.2, 0.25) is 0 Å². The topological polar surface area (TPSA) is 75.6 Å². The number of para-hydroxylation sites is 1. The minimum Gasteiger partial charge on any atom is -0.483 e. The number of aliphatic carboxylic acids is 1. The van der Waals surface area contributed by atoms with E-state index in [1.807, 2.05) is 25.1 Å². The summed E-state index contributed by atoms with van der Waals surface area (Å²) in [5, 5.41) is 11.5. The van der Waals surface area contributed by atoms with Gasteiger partial charge in [-0.1, -0.05) is 39.0 Å². The van der Waals surface area contributed by atoms with E-state index in [1.54, 1.807) is 19.9 Å². The van der Waals surface area contributed by atoms with E-state index in [-0.39, 0.29) is 12.5 Å². The molecule has 0 fully saturated rings. The lowest BCUT2D eigenvalue weighted by Crippen LogP contribution is -2.46. The summed E-state index contributed by atoms with van der Waals surface area (Å²) >= 11 is 0. The molecule has 1 atom stereocenters. The number of carboxylic acids is 1. The van der Waals surface area contributed by atoms with Gasteiger partial charge in [0.05, 0.1) is 0 Å². The first-order chi connectivity index (χ1) is 9.45. The standard InChI is InChI=1S/C15H21NO4/c1-4-11-7-5-6-8-12(11)20-9-13(17)16-14(10(2)3)15(18)19/h5-8,10,14H,4,9H2,1-3H3,(H,16,17)(H,18,19)/t14-/m0/s1. The van der Waals surface area contributed by atoms with Crippen LogP contribution in [0.1, 0.15) is 26.3 Å². The summed E-state index contributed by atoms with van der Waals surface area (Å²) in [6.07, 6.45) is 0.807. The number of hydrogen-bond donors (Lipinski definition) is 2. The summed E-state index contributed by atoms with van der Waals surface area (Å²) < 4.78 is 5.45. The van der Waals surface area contributed by atoms with Crippen molar-refractivity contribution in [2.75, 3.05) is 6.61 Å². The third-order valence-corrected chi connectivity index (χ3v) is 2.96. The summed E-state index contributed by atoms with van der Waals surface area (Å²) in [4.78, 5) is 22.7. The third kappa shape index (κ3) is 4.57. The van der Waals surface area contributed by atoms with Crippen molar-refractivity contribution in [2.45, 2.75) is 33.2 Å². The van der Waals surface area contributed by atoms with Gasteiger partial charge in [0.15, 0.2) is 6.61 Å². The highest BCUT2D eigenvalue weighted by atomic mass is 16.5. The average molecular weight is 279 g/mol. The van der Waals surface area contributed by atoms with Crippen LogP contribution in [0.15, 0.2) is 24.3 Å². The van der Waals surface area contributed by atoms with Crippen LogP contribution in [-0.2, 0) is 16.0 Å². The van der Waals surface area contributed by atoms with E-state index in [0.717, 1.165) is 12.0 Å². The first kappa shape index (κ1) is 16.0. The van der Waals surface area contributed by atoms with Gasteiger partial charge in [-0.2, -0.15) is 0 Å². The second kappa shape index (κ2) is 7.53. The van der Waals surface area contributed by atoms with Crippen molar-refractivity contribution in [2.24, 2.45) is 5.92 Å². The first-order valence-corrected chi connectivity index (χ1v) is 6.68. The molecule has 0 aliphatic heterocycles. The Bertz CT molecular complexity index is 471. The van der Waals surface area contributed by atoms with Gasteiger partial charge in [0.1, 0.15) is 11.8 Å². The molecule has 0 aliphatic rings. The van der Waals surface area contributed by atoms with E-state index in [4.69, 9.17) is 9.84 Å². The molecule has 1 amide bonds. The van der Waals surface area contributed by atoms with Crippen molar-refractivity contribution in [3.8, 4) is 5.75 Å². The van der Waals surface area contributed by atoms with E-state index in [0.29, 0.717) is 5.75 Å². The number of carboxylic acid groups (broad SMARTS) is 1. The van der Waals surface area contributed by atoms with Gasteiger partial charge in [0, 0.05) is 0 Å². The van der Waals surface area contributed by atoms with Crippen molar-refractivity contribution in [3.05, 3.63) is 29.8 Å². The Morgan fingerprint density at radius 1 is 1.30 bits per heavy atom. The second-order valence-corrected chi connectivity index (χ2v) is 4.88. The van der Waals surface area contributed by atoms with Crippen LogP contribution in [0.25, 0.3) is 0 Å². The maximum absolute atomic E-state index is 11.7. The molecular formula is C15H21NO4. The van der Waals surface area contributed by atoms with E-state index in [1.165, 1.54) is 0 Å². The Morgan fingerprint density at radius 2 is 1.95 bits per heavy atom. The lowest BCUT2D eigenvalue weighted by Gasteiger charge is -2.18. The number of ether oxygens (including phenoxy) is 1. The lowest BCUT2D eigenvalue weighted by molar-refractivity contribution is -0.143. The molecule has 20 heavy (non-hydrogen) atoms. The fourth-order valence-electron chi connectivity index (χ4n) is 1.81. The molecule has 5 heteroatoms.